The minimum absolute atomic E-state index is 0.0716. The average molecular weight is 450 g/mol. The van der Waals surface area contributed by atoms with Crippen molar-refractivity contribution in [1.82, 2.24) is 0 Å². The lowest BCUT2D eigenvalue weighted by atomic mass is 10.1. The van der Waals surface area contributed by atoms with E-state index in [0.717, 1.165) is 6.07 Å². The van der Waals surface area contributed by atoms with E-state index in [1.165, 1.54) is 28.8 Å². The first-order chi connectivity index (χ1) is 14.3. The predicted molar refractivity (Wildman–Crippen MR) is 112 cm³/mol. The molecule has 0 aliphatic carbocycles. The highest BCUT2D eigenvalue weighted by molar-refractivity contribution is 8.00. The number of alkyl halides is 3. The van der Waals surface area contributed by atoms with Gasteiger partial charge < -0.3 is 4.74 Å². The summed E-state index contributed by atoms with van der Waals surface area (Å²) in [7, 11) is 0. The number of amides is 1. The molecular weight excluding hydrogens is 435 g/mol. The SMILES string of the molecule is O=C1CS[C@@H](c2ccccc2C(F)(F)F)N1c1ccc(Oc2ccc(Cl)cc2)cc1. The van der Waals surface area contributed by atoms with Crippen molar-refractivity contribution in [3.8, 4) is 11.5 Å². The Labute approximate surface area is 180 Å². The van der Waals surface area contributed by atoms with Crippen molar-refractivity contribution in [1.29, 1.82) is 0 Å². The second-order valence-electron chi connectivity index (χ2n) is 6.56. The molecule has 1 fully saturated rings. The summed E-state index contributed by atoms with van der Waals surface area (Å²) < 4.78 is 46.2. The van der Waals surface area contributed by atoms with Gasteiger partial charge in [-0.25, -0.2) is 0 Å². The Hall–Kier alpha value is -2.64. The molecule has 1 amide bonds. The number of carbonyl (C=O) groups excluding carboxylic acids is 1. The molecule has 1 saturated heterocycles. The molecule has 0 spiro atoms. The van der Waals surface area contributed by atoms with E-state index in [4.69, 9.17) is 16.3 Å². The Morgan fingerprint density at radius 3 is 2.17 bits per heavy atom. The van der Waals surface area contributed by atoms with Crippen LogP contribution in [0.15, 0.2) is 72.8 Å². The first-order valence-electron chi connectivity index (χ1n) is 8.96. The second kappa shape index (κ2) is 8.24. The van der Waals surface area contributed by atoms with Gasteiger partial charge in [0.15, 0.2) is 0 Å². The van der Waals surface area contributed by atoms with Gasteiger partial charge in [-0.15, -0.1) is 11.8 Å². The van der Waals surface area contributed by atoms with Crippen LogP contribution < -0.4 is 9.64 Å². The smallest absolute Gasteiger partial charge is 0.416 e. The van der Waals surface area contributed by atoms with Gasteiger partial charge in [0.25, 0.3) is 0 Å². The molecule has 154 valence electrons. The zero-order chi connectivity index (χ0) is 21.3. The highest BCUT2D eigenvalue weighted by Crippen LogP contribution is 2.46. The molecule has 0 aromatic heterocycles. The Balaban J connectivity index is 1.61. The van der Waals surface area contributed by atoms with Crippen molar-refractivity contribution in [3.05, 3.63) is 88.9 Å². The maximum absolute atomic E-state index is 13.5. The summed E-state index contributed by atoms with van der Waals surface area (Å²) >= 11 is 7.04. The summed E-state index contributed by atoms with van der Waals surface area (Å²) in [6.45, 7) is 0. The fourth-order valence-electron chi connectivity index (χ4n) is 3.22. The van der Waals surface area contributed by atoms with Crippen LogP contribution in [0.5, 0.6) is 11.5 Å². The maximum Gasteiger partial charge on any atom is 0.416 e. The number of thioether (sulfide) groups is 1. The Kier molecular flexibility index (Phi) is 5.66. The van der Waals surface area contributed by atoms with Gasteiger partial charge in [-0.2, -0.15) is 13.2 Å². The molecule has 3 aromatic rings. The van der Waals surface area contributed by atoms with Gasteiger partial charge in [0, 0.05) is 10.7 Å². The fraction of sp³-hybridized carbons (Fsp3) is 0.136. The van der Waals surface area contributed by atoms with Gasteiger partial charge >= 0.3 is 6.18 Å². The number of hydrogen-bond donors (Lipinski definition) is 0. The van der Waals surface area contributed by atoms with Gasteiger partial charge in [-0.1, -0.05) is 29.8 Å². The molecule has 3 nitrogen and oxygen atoms in total. The molecular formula is C22H15ClF3NO2S. The highest BCUT2D eigenvalue weighted by atomic mass is 35.5. The number of carbonyl (C=O) groups is 1. The number of nitrogens with zero attached hydrogens (tertiary/aromatic N) is 1. The standard InChI is InChI=1S/C22H15ClF3NO2S/c23-14-5-9-16(10-6-14)29-17-11-7-15(8-12-17)27-20(28)13-30-21(27)18-3-1-2-4-19(18)22(24,25)26/h1-12,21H,13H2/t21-/m0/s1. The van der Waals surface area contributed by atoms with Crippen LogP contribution in [0.4, 0.5) is 18.9 Å². The molecule has 1 heterocycles. The van der Waals surface area contributed by atoms with E-state index in [1.54, 1.807) is 54.6 Å². The average Bonchev–Trinajstić information content (AvgIpc) is 3.11. The molecule has 4 rings (SSSR count). The van der Waals surface area contributed by atoms with Gasteiger partial charge in [0.1, 0.15) is 16.9 Å². The third-order valence-corrected chi connectivity index (χ3v) is 6.01. The van der Waals surface area contributed by atoms with Crippen LogP contribution in [0.25, 0.3) is 0 Å². The molecule has 0 saturated carbocycles. The van der Waals surface area contributed by atoms with Crippen molar-refractivity contribution >= 4 is 35.0 Å². The largest absolute Gasteiger partial charge is 0.457 e. The number of benzene rings is 3. The number of rotatable bonds is 4. The van der Waals surface area contributed by atoms with Crippen molar-refractivity contribution in [2.75, 3.05) is 10.7 Å². The predicted octanol–water partition coefficient (Wildman–Crippen LogP) is 6.93. The van der Waals surface area contributed by atoms with Crippen LogP contribution >= 0.6 is 23.4 Å². The van der Waals surface area contributed by atoms with E-state index in [2.05, 4.69) is 0 Å². The summed E-state index contributed by atoms with van der Waals surface area (Å²) in [5, 5.41) is -0.161. The maximum atomic E-state index is 13.5. The van der Waals surface area contributed by atoms with Crippen LogP contribution in [0, 0.1) is 0 Å². The van der Waals surface area contributed by atoms with Crippen LogP contribution in [-0.2, 0) is 11.0 Å². The van der Waals surface area contributed by atoms with E-state index in [1.807, 2.05) is 0 Å². The van der Waals surface area contributed by atoms with Crippen molar-refractivity contribution in [3.63, 3.8) is 0 Å². The molecule has 3 aromatic carbocycles. The summed E-state index contributed by atoms with van der Waals surface area (Å²) in [6.07, 6.45) is -4.50. The van der Waals surface area contributed by atoms with Gasteiger partial charge in [0.2, 0.25) is 5.91 Å². The fourth-order valence-corrected chi connectivity index (χ4v) is 4.56. The molecule has 0 bridgehead atoms. The summed E-state index contributed by atoms with van der Waals surface area (Å²) in [4.78, 5) is 13.9. The number of ether oxygens (including phenoxy) is 1. The lowest BCUT2D eigenvalue weighted by Gasteiger charge is -2.26. The first-order valence-corrected chi connectivity index (χ1v) is 10.4. The quantitative estimate of drug-likeness (QED) is 0.432. The molecule has 1 atom stereocenters. The topological polar surface area (TPSA) is 29.5 Å². The molecule has 1 aliphatic rings. The van der Waals surface area contributed by atoms with E-state index in [-0.39, 0.29) is 17.2 Å². The molecule has 30 heavy (non-hydrogen) atoms. The van der Waals surface area contributed by atoms with E-state index >= 15 is 0 Å². The summed E-state index contributed by atoms with van der Waals surface area (Å²) in [6, 6.07) is 18.9. The van der Waals surface area contributed by atoms with Crippen molar-refractivity contribution in [2.45, 2.75) is 11.6 Å². The third-order valence-electron chi connectivity index (χ3n) is 4.56. The van der Waals surface area contributed by atoms with E-state index < -0.39 is 17.1 Å². The van der Waals surface area contributed by atoms with Crippen LogP contribution in [0.3, 0.4) is 0 Å². The van der Waals surface area contributed by atoms with Crippen molar-refractivity contribution in [2.24, 2.45) is 0 Å². The summed E-state index contributed by atoms with van der Waals surface area (Å²) in [5.41, 5.74) is -0.150. The number of hydrogen-bond acceptors (Lipinski definition) is 3. The molecule has 1 aliphatic heterocycles. The van der Waals surface area contributed by atoms with Crippen molar-refractivity contribution < 1.29 is 22.7 Å². The van der Waals surface area contributed by atoms with Gasteiger partial charge in [0.05, 0.1) is 11.3 Å². The lowest BCUT2D eigenvalue weighted by molar-refractivity contribution is -0.138. The lowest BCUT2D eigenvalue weighted by Crippen LogP contribution is -2.29. The molecule has 8 heteroatoms. The van der Waals surface area contributed by atoms with E-state index in [9.17, 15) is 18.0 Å². The van der Waals surface area contributed by atoms with Crippen LogP contribution in [-0.4, -0.2) is 11.7 Å². The second-order valence-corrected chi connectivity index (χ2v) is 8.07. The normalized spacial score (nSPS) is 16.7. The first kappa shape index (κ1) is 20.6. The molecule has 0 unspecified atom stereocenters. The highest BCUT2D eigenvalue weighted by Gasteiger charge is 2.40. The summed E-state index contributed by atoms with van der Waals surface area (Å²) in [5.74, 6) is 0.998. The Morgan fingerprint density at radius 1 is 0.933 bits per heavy atom. The minimum atomic E-state index is -4.50. The molecule has 0 N–H and O–H groups in total. The van der Waals surface area contributed by atoms with Crippen LogP contribution in [0.1, 0.15) is 16.5 Å². The zero-order valence-corrected chi connectivity index (χ0v) is 17.0. The number of anilines is 1. The zero-order valence-electron chi connectivity index (χ0n) is 15.4. The van der Waals surface area contributed by atoms with Crippen LogP contribution in [0.2, 0.25) is 5.02 Å². The Bertz CT molecular complexity index is 1060. The van der Waals surface area contributed by atoms with E-state index in [0.29, 0.717) is 22.2 Å². The number of halogens is 4. The third kappa shape index (κ3) is 4.27. The van der Waals surface area contributed by atoms with Gasteiger partial charge in [-0.3, -0.25) is 9.69 Å². The molecule has 0 radical (unpaired) electrons. The minimum Gasteiger partial charge on any atom is -0.457 e. The van der Waals surface area contributed by atoms with Gasteiger partial charge in [-0.05, 0) is 60.2 Å². The monoisotopic (exact) mass is 449 g/mol. The Morgan fingerprint density at radius 2 is 1.53 bits per heavy atom.